The summed E-state index contributed by atoms with van der Waals surface area (Å²) in [5.74, 6) is 0.166. The molecule has 0 unspecified atom stereocenters. The van der Waals surface area contributed by atoms with Crippen LogP contribution in [0, 0.1) is 0 Å². The molecule has 3 aromatic rings. The number of aromatic nitrogens is 1. The molecule has 0 fully saturated rings. The van der Waals surface area contributed by atoms with Gasteiger partial charge in [-0.05, 0) is 50.3 Å². The van der Waals surface area contributed by atoms with E-state index in [2.05, 4.69) is 4.99 Å². The van der Waals surface area contributed by atoms with E-state index >= 15 is 0 Å². The van der Waals surface area contributed by atoms with Crippen LogP contribution in [-0.2, 0) is 9.53 Å². The van der Waals surface area contributed by atoms with E-state index in [1.54, 1.807) is 32.0 Å². The predicted octanol–water partition coefficient (Wildman–Crippen LogP) is 3.83. The van der Waals surface area contributed by atoms with E-state index in [1.807, 2.05) is 0 Å². The molecule has 1 N–H and O–H groups in total. The first-order valence-electron chi connectivity index (χ1n) is 10.8. The van der Waals surface area contributed by atoms with Crippen molar-refractivity contribution in [2.45, 2.75) is 19.9 Å². The van der Waals surface area contributed by atoms with Gasteiger partial charge in [0.1, 0.15) is 23.3 Å². The number of fused-ring (bicyclic) bond motifs is 1. The molecule has 0 saturated heterocycles. The Balaban J connectivity index is 2.04. The lowest BCUT2D eigenvalue weighted by molar-refractivity contribution is -0.139. The minimum absolute atomic E-state index is 0.0564. The Labute approximate surface area is 220 Å². The molecule has 36 heavy (non-hydrogen) atoms. The Morgan fingerprint density at radius 2 is 1.97 bits per heavy atom. The number of benzene rings is 2. The molecular formula is C25H22Cl2N2O6S. The summed E-state index contributed by atoms with van der Waals surface area (Å²) >= 11 is 13.3. The second kappa shape index (κ2) is 10.4. The fourth-order valence-electron chi connectivity index (χ4n) is 3.98. The number of phenols is 1. The molecule has 1 aliphatic rings. The van der Waals surface area contributed by atoms with Crippen molar-refractivity contribution in [1.29, 1.82) is 0 Å². The maximum Gasteiger partial charge on any atom is 0.338 e. The smallest absolute Gasteiger partial charge is 0.338 e. The van der Waals surface area contributed by atoms with E-state index < -0.39 is 17.6 Å². The zero-order chi connectivity index (χ0) is 26.1. The number of methoxy groups -OCH3 is 2. The van der Waals surface area contributed by atoms with Gasteiger partial charge in [0.2, 0.25) is 0 Å². The molecule has 0 saturated carbocycles. The van der Waals surface area contributed by atoms with Gasteiger partial charge in [-0.25, -0.2) is 9.79 Å². The lowest BCUT2D eigenvalue weighted by atomic mass is 9.94. The SMILES string of the molecule is CCOC(=O)C1=C(C)N=c2s/c(=C/c3cc(Cl)cc(Cl)c3O)c(=O)n2[C@@H]1c1cc(OC)ccc1OC. The number of carbonyl (C=O) groups excluding carboxylic acids is 1. The number of hydrogen-bond donors (Lipinski definition) is 1. The molecule has 188 valence electrons. The van der Waals surface area contributed by atoms with Gasteiger partial charge in [0, 0.05) is 16.1 Å². The highest BCUT2D eigenvalue weighted by Crippen LogP contribution is 2.38. The molecule has 8 nitrogen and oxygen atoms in total. The fraction of sp³-hybridized carbons (Fsp3) is 0.240. The number of nitrogens with zero attached hydrogens (tertiary/aromatic N) is 2. The summed E-state index contributed by atoms with van der Waals surface area (Å²) in [5.41, 5.74) is 0.976. The van der Waals surface area contributed by atoms with E-state index in [9.17, 15) is 14.7 Å². The lowest BCUT2D eigenvalue weighted by Gasteiger charge is -2.26. The number of thiazole rings is 1. The highest BCUT2D eigenvalue weighted by molar-refractivity contribution is 7.07. The van der Waals surface area contributed by atoms with Crippen LogP contribution in [0.5, 0.6) is 17.2 Å². The van der Waals surface area contributed by atoms with E-state index in [1.165, 1.54) is 37.0 Å². The summed E-state index contributed by atoms with van der Waals surface area (Å²) in [6, 6.07) is 7.14. The molecule has 1 aromatic heterocycles. The number of hydrogen-bond acceptors (Lipinski definition) is 8. The molecule has 1 aliphatic heterocycles. The Bertz CT molecular complexity index is 1570. The number of allylic oxidation sites excluding steroid dienone is 1. The molecular weight excluding hydrogens is 527 g/mol. The van der Waals surface area contributed by atoms with Crippen LogP contribution in [0.2, 0.25) is 10.0 Å². The van der Waals surface area contributed by atoms with Crippen molar-refractivity contribution in [3.05, 3.63) is 82.5 Å². The Kier molecular flexibility index (Phi) is 7.44. The van der Waals surface area contributed by atoms with Crippen molar-refractivity contribution in [2.24, 2.45) is 4.99 Å². The average molecular weight is 549 g/mol. The van der Waals surface area contributed by atoms with E-state index in [0.717, 1.165) is 11.3 Å². The minimum Gasteiger partial charge on any atom is -0.506 e. The molecule has 0 aliphatic carbocycles. The normalized spacial score (nSPS) is 15.4. The van der Waals surface area contributed by atoms with Crippen LogP contribution in [0.25, 0.3) is 6.08 Å². The first-order chi connectivity index (χ1) is 17.2. The van der Waals surface area contributed by atoms with Gasteiger partial charge in [0.25, 0.3) is 5.56 Å². The van der Waals surface area contributed by atoms with Crippen molar-refractivity contribution < 1.29 is 24.1 Å². The molecule has 4 rings (SSSR count). The topological polar surface area (TPSA) is 99.4 Å². The van der Waals surface area contributed by atoms with Gasteiger partial charge >= 0.3 is 5.97 Å². The molecule has 11 heteroatoms. The van der Waals surface area contributed by atoms with Crippen LogP contribution in [0.3, 0.4) is 0 Å². The Morgan fingerprint density at radius 1 is 1.22 bits per heavy atom. The highest BCUT2D eigenvalue weighted by Gasteiger charge is 2.35. The van der Waals surface area contributed by atoms with Gasteiger partial charge in [0.05, 0.1) is 41.7 Å². The number of phenolic OH excluding ortho intramolecular Hbond substituents is 1. The van der Waals surface area contributed by atoms with Crippen molar-refractivity contribution in [3.63, 3.8) is 0 Å². The quantitative estimate of drug-likeness (QED) is 0.470. The Morgan fingerprint density at radius 3 is 2.64 bits per heavy atom. The van der Waals surface area contributed by atoms with Crippen molar-refractivity contribution in [3.8, 4) is 17.2 Å². The van der Waals surface area contributed by atoms with Gasteiger partial charge in [-0.1, -0.05) is 34.5 Å². The molecule has 2 heterocycles. The number of aromatic hydroxyl groups is 1. The molecule has 1 atom stereocenters. The standard InChI is InChI=1S/C25H22Cl2N2O6S/c1-5-35-24(32)20-12(2)28-25-29(21(20)16-11-15(33-3)6-7-18(16)34-4)23(31)19(36-25)9-13-8-14(26)10-17(27)22(13)30/h6-11,21,30H,5H2,1-4H3/b19-9+/t21-/m1/s1. The van der Waals surface area contributed by atoms with Crippen molar-refractivity contribution >= 4 is 46.6 Å². The van der Waals surface area contributed by atoms with Crippen LogP contribution in [-0.4, -0.2) is 36.5 Å². The maximum atomic E-state index is 13.8. The number of esters is 1. The van der Waals surface area contributed by atoms with Gasteiger partial charge < -0.3 is 19.3 Å². The third-order valence-electron chi connectivity index (χ3n) is 5.59. The predicted molar refractivity (Wildman–Crippen MR) is 138 cm³/mol. The highest BCUT2D eigenvalue weighted by atomic mass is 35.5. The van der Waals surface area contributed by atoms with Crippen LogP contribution < -0.4 is 24.4 Å². The third-order valence-corrected chi connectivity index (χ3v) is 7.08. The van der Waals surface area contributed by atoms with Crippen molar-refractivity contribution in [1.82, 2.24) is 4.57 Å². The fourth-order valence-corrected chi connectivity index (χ4v) is 5.52. The average Bonchev–Trinajstić information content (AvgIpc) is 3.15. The van der Waals surface area contributed by atoms with Crippen LogP contribution in [0.1, 0.15) is 31.0 Å². The van der Waals surface area contributed by atoms with E-state index in [4.69, 9.17) is 37.4 Å². The van der Waals surface area contributed by atoms with Crippen LogP contribution >= 0.6 is 34.5 Å². The molecule has 0 radical (unpaired) electrons. The minimum atomic E-state index is -0.899. The zero-order valence-electron chi connectivity index (χ0n) is 19.8. The summed E-state index contributed by atoms with van der Waals surface area (Å²) in [6.07, 6.45) is 1.49. The van der Waals surface area contributed by atoms with Gasteiger partial charge in [-0.2, -0.15) is 0 Å². The molecule has 0 amide bonds. The van der Waals surface area contributed by atoms with Gasteiger partial charge in [-0.15, -0.1) is 0 Å². The molecule has 2 aromatic carbocycles. The van der Waals surface area contributed by atoms with Crippen LogP contribution in [0.4, 0.5) is 0 Å². The van der Waals surface area contributed by atoms with E-state index in [0.29, 0.717) is 32.6 Å². The first kappa shape index (κ1) is 25.8. The zero-order valence-corrected chi connectivity index (χ0v) is 22.1. The number of rotatable bonds is 6. The monoisotopic (exact) mass is 548 g/mol. The summed E-state index contributed by atoms with van der Waals surface area (Å²) in [4.78, 5) is 31.7. The number of carbonyl (C=O) groups is 1. The van der Waals surface area contributed by atoms with Crippen LogP contribution in [0.15, 0.2) is 51.4 Å². The summed E-state index contributed by atoms with van der Waals surface area (Å²) in [6.45, 7) is 3.54. The maximum absolute atomic E-state index is 13.8. The van der Waals surface area contributed by atoms with Crippen molar-refractivity contribution in [2.75, 3.05) is 20.8 Å². The van der Waals surface area contributed by atoms with Gasteiger partial charge in [0.15, 0.2) is 4.80 Å². The summed E-state index contributed by atoms with van der Waals surface area (Å²) in [7, 11) is 3.02. The summed E-state index contributed by atoms with van der Waals surface area (Å²) < 4.78 is 18.0. The summed E-state index contributed by atoms with van der Waals surface area (Å²) in [5, 5.41) is 10.8. The lowest BCUT2D eigenvalue weighted by Crippen LogP contribution is -2.40. The molecule has 0 spiro atoms. The largest absolute Gasteiger partial charge is 0.506 e. The Hall–Kier alpha value is -3.27. The number of ether oxygens (including phenoxy) is 3. The van der Waals surface area contributed by atoms with Gasteiger partial charge in [-0.3, -0.25) is 9.36 Å². The second-order valence-corrected chi connectivity index (χ2v) is 9.59. The third kappa shape index (κ3) is 4.61. The first-order valence-corrected chi connectivity index (χ1v) is 12.4. The van der Waals surface area contributed by atoms with E-state index in [-0.39, 0.29) is 33.0 Å². The second-order valence-electron chi connectivity index (χ2n) is 7.74. The number of halogens is 2. The molecule has 0 bridgehead atoms.